The van der Waals surface area contributed by atoms with Crippen molar-refractivity contribution in [3.8, 4) is 0 Å². The lowest BCUT2D eigenvalue weighted by molar-refractivity contribution is -0.209. The molecule has 0 aromatic heterocycles. The van der Waals surface area contributed by atoms with Gasteiger partial charge in [0.25, 0.3) is 0 Å². The third kappa shape index (κ3) is 3.39. The van der Waals surface area contributed by atoms with E-state index in [-0.39, 0.29) is 5.79 Å². The van der Waals surface area contributed by atoms with E-state index in [2.05, 4.69) is 20.8 Å². The van der Waals surface area contributed by atoms with Gasteiger partial charge in [-0.05, 0) is 24.8 Å². The van der Waals surface area contributed by atoms with Crippen LogP contribution in [0.2, 0.25) is 0 Å². The summed E-state index contributed by atoms with van der Waals surface area (Å²) < 4.78 is 11.3. The summed E-state index contributed by atoms with van der Waals surface area (Å²) in [6, 6.07) is 0. The number of rotatable bonds is 3. The quantitative estimate of drug-likeness (QED) is 0.671. The lowest BCUT2D eigenvalue weighted by Gasteiger charge is -2.33. The molecule has 0 radical (unpaired) electrons. The van der Waals surface area contributed by atoms with Gasteiger partial charge in [-0.3, -0.25) is 0 Å². The maximum Gasteiger partial charge on any atom is 0.207 e. The van der Waals surface area contributed by atoms with E-state index in [9.17, 15) is 0 Å². The lowest BCUT2D eigenvalue weighted by atomic mass is 10.1. The zero-order valence-electron chi connectivity index (χ0n) is 9.09. The molecule has 2 heteroatoms. The van der Waals surface area contributed by atoms with E-state index in [1.165, 1.54) is 5.57 Å². The van der Waals surface area contributed by atoms with Gasteiger partial charge in [0.2, 0.25) is 5.79 Å². The van der Waals surface area contributed by atoms with Crippen LogP contribution < -0.4 is 0 Å². The zero-order valence-corrected chi connectivity index (χ0v) is 9.09. The van der Waals surface area contributed by atoms with Gasteiger partial charge in [0.05, 0.1) is 12.9 Å². The van der Waals surface area contributed by atoms with Crippen molar-refractivity contribution < 1.29 is 9.47 Å². The summed E-state index contributed by atoms with van der Waals surface area (Å²) in [6.45, 7) is 9.16. The van der Waals surface area contributed by atoms with Crippen molar-refractivity contribution in [2.45, 2.75) is 46.3 Å². The average molecular weight is 184 g/mol. The number of allylic oxidation sites excluding steroid dienone is 1. The van der Waals surface area contributed by atoms with Gasteiger partial charge in [-0.1, -0.05) is 13.8 Å². The first-order valence-electron chi connectivity index (χ1n) is 4.99. The van der Waals surface area contributed by atoms with Crippen LogP contribution >= 0.6 is 0 Å². The lowest BCUT2D eigenvalue weighted by Crippen LogP contribution is -2.34. The zero-order chi connectivity index (χ0) is 9.90. The molecule has 0 saturated carbocycles. The Kier molecular flexibility index (Phi) is 3.37. The molecule has 0 fully saturated rings. The molecule has 0 N–H and O–H groups in total. The minimum atomic E-state index is -0.385. The average Bonchev–Trinajstić information content (AvgIpc) is 2.08. The summed E-state index contributed by atoms with van der Waals surface area (Å²) >= 11 is 0. The van der Waals surface area contributed by atoms with Gasteiger partial charge in [0.15, 0.2) is 0 Å². The van der Waals surface area contributed by atoms with Crippen molar-refractivity contribution in [1.29, 1.82) is 0 Å². The van der Waals surface area contributed by atoms with Crippen LogP contribution in [0.3, 0.4) is 0 Å². The van der Waals surface area contributed by atoms with E-state index in [1.54, 1.807) is 0 Å². The van der Waals surface area contributed by atoms with Crippen LogP contribution in [0, 0.1) is 5.92 Å². The van der Waals surface area contributed by atoms with Crippen LogP contribution in [0.1, 0.15) is 40.5 Å². The third-order valence-electron chi connectivity index (χ3n) is 2.20. The van der Waals surface area contributed by atoms with Crippen molar-refractivity contribution in [2.75, 3.05) is 6.61 Å². The first-order valence-corrected chi connectivity index (χ1v) is 4.99. The maximum atomic E-state index is 5.71. The molecule has 0 aromatic rings. The topological polar surface area (TPSA) is 18.5 Å². The highest BCUT2D eigenvalue weighted by Crippen LogP contribution is 2.28. The van der Waals surface area contributed by atoms with E-state index in [4.69, 9.17) is 9.47 Å². The van der Waals surface area contributed by atoms with Crippen molar-refractivity contribution in [2.24, 2.45) is 5.92 Å². The normalized spacial score (nSPS) is 28.5. The Hall–Kier alpha value is -0.500. The fourth-order valence-corrected chi connectivity index (χ4v) is 1.22. The molecule has 2 nitrogen and oxygen atoms in total. The van der Waals surface area contributed by atoms with Gasteiger partial charge in [0.1, 0.15) is 0 Å². The molecular weight excluding hydrogens is 164 g/mol. The van der Waals surface area contributed by atoms with Gasteiger partial charge in [-0.2, -0.15) is 0 Å². The van der Waals surface area contributed by atoms with Crippen LogP contribution in [0.25, 0.3) is 0 Å². The van der Waals surface area contributed by atoms with Crippen LogP contribution in [-0.4, -0.2) is 12.4 Å². The smallest absolute Gasteiger partial charge is 0.207 e. The Bertz CT molecular complexity index is 196. The van der Waals surface area contributed by atoms with Gasteiger partial charge in [-0.25, -0.2) is 0 Å². The minimum absolute atomic E-state index is 0.385. The Balaban J connectivity index is 2.40. The van der Waals surface area contributed by atoms with Gasteiger partial charge < -0.3 is 9.47 Å². The molecule has 0 aliphatic carbocycles. The monoisotopic (exact) mass is 184 g/mol. The van der Waals surface area contributed by atoms with Gasteiger partial charge in [-0.15, -0.1) is 0 Å². The van der Waals surface area contributed by atoms with E-state index >= 15 is 0 Å². The molecule has 1 rings (SSSR count). The summed E-state index contributed by atoms with van der Waals surface area (Å²) in [5.74, 6) is 0.177. The molecule has 0 amide bonds. The van der Waals surface area contributed by atoms with Crippen LogP contribution in [0.5, 0.6) is 0 Å². The standard InChI is InChI=1S/C11H20O2/c1-9(2)7-12-11(4)6-5-10(3)8-13-11/h8-9H,5-7H2,1-4H3. The van der Waals surface area contributed by atoms with Crippen molar-refractivity contribution in [3.63, 3.8) is 0 Å². The molecule has 1 unspecified atom stereocenters. The fraction of sp³-hybridized carbons (Fsp3) is 0.818. The molecule has 76 valence electrons. The highest BCUT2D eigenvalue weighted by atomic mass is 16.7. The first kappa shape index (κ1) is 10.6. The second-order valence-electron chi connectivity index (χ2n) is 4.42. The summed E-state index contributed by atoms with van der Waals surface area (Å²) in [4.78, 5) is 0. The maximum absolute atomic E-state index is 5.71. The summed E-state index contributed by atoms with van der Waals surface area (Å²) in [5, 5.41) is 0. The van der Waals surface area contributed by atoms with Crippen LogP contribution in [0.4, 0.5) is 0 Å². The molecule has 1 heterocycles. The summed E-state index contributed by atoms with van der Waals surface area (Å²) in [7, 11) is 0. The second-order valence-corrected chi connectivity index (χ2v) is 4.42. The molecule has 1 aliphatic rings. The van der Waals surface area contributed by atoms with Gasteiger partial charge in [0, 0.05) is 13.3 Å². The number of hydrogen-bond donors (Lipinski definition) is 0. The summed E-state index contributed by atoms with van der Waals surface area (Å²) in [6.07, 6.45) is 3.86. The van der Waals surface area contributed by atoms with E-state index in [1.807, 2.05) is 13.2 Å². The number of ether oxygens (including phenoxy) is 2. The highest BCUT2D eigenvalue weighted by Gasteiger charge is 2.28. The van der Waals surface area contributed by atoms with Crippen molar-refractivity contribution in [1.82, 2.24) is 0 Å². The Morgan fingerprint density at radius 2 is 2.31 bits per heavy atom. The Morgan fingerprint density at radius 1 is 1.62 bits per heavy atom. The SMILES string of the molecule is CC1=COC(C)(OCC(C)C)CC1. The van der Waals surface area contributed by atoms with E-state index in [0.717, 1.165) is 19.4 Å². The van der Waals surface area contributed by atoms with Crippen molar-refractivity contribution in [3.05, 3.63) is 11.8 Å². The summed E-state index contributed by atoms with van der Waals surface area (Å²) in [5.41, 5.74) is 1.30. The predicted molar refractivity (Wildman–Crippen MR) is 53.3 cm³/mol. The van der Waals surface area contributed by atoms with E-state index in [0.29, 0.717) is 5.92 Å². The Morgan fingerprint density at radius 3 is 2.77 bits per heavy atom. The second kappa shape index (κ2) is 4.14. The Labute approximate surface area is 80.9 Å². The largest absolute Gasteiger partial charge is 0.470 e. The van der Waals surface area contributed by atoms with Crippen LogP contribution in [-0.2, 0) is 9.47 Å². The molecular formula is C11H20O2. The predicted octanol–water partition coefficient (Wildman–Crippen LogP) is 3.09. The number of hydrogen-bond acceptors (Lipinski definition) is 2. The molecule has 13 heavy (non-hydrogen) atoms. The van der Waals surface area contributed by atoms with Crippen molar-refractivity contribution >= 4 is 0 Å². The van der Waals surface area contributed by atoms with E-state index < -0.39 is 0 Å². The molecule has 0 bridgehead atoms. The third-order valence-corrected chi connectivity index (χ3v) is 2.20. The molecule has 0 spiro atoms. The molecule has 1 atom stereocenters. The molecule has 1 aliphatic heterocycles. The van der Waals surface area contributed by atoms with Gasteiger partial charge >= 0.3 is 0 Å². The minimum Gasteiger partial charge on any atom is -0.470 e. The first-order chi connectivity index (χ1) is 6.02. The highest BCUT2D eigenvalue weighted by molar-refractivity contribution is 4.98. The fourth-order valence-electron chi connectivity index (χ4n) is 1.22. The molecule has 0 saturated heterocycles. The van der Waals surface area contributed by atoms with Crippen LogP contribution in [0.15, 0.2) is 11.8 Å². The molecule has 0 aromatic carbocycles.